The van der Waals surface area contributed by atoms with Crippen molar-refractivity contribution in [2.75, 3.05) is 6.61 Å². The summed E-state index contributed by atoms with van der Waals surface area (Å²) in [5.74, 6) is 0.145. The van der Waals surface area contributed by atoms with Crippen LogP contribution in [0.5, 0.6) is 5.75 Å². The van der Waals surface area contributed by atoms with E-state index in [0.717, 1.165) is 0 Å². The van der Waals surface area contributed by atoms with E-state index in [1.165, 1.54) is 0 Å². The normalized spacial score (nSPS) is 12.8. The van der Waals surface area contributed by atoms with Crippen LogP contribution in [0.2, 0.25) is 5.02 Å². The van der Waals surface area contributed by atoms with Gasteiger partial charge in [0.25, 0.3) is 5.91 Å². The van der Waals surface area contributed by atoms with Gasteiger partial charge in [-0.2, -0.15) is 0 Å². The number of ether oxygens (including phenoxy) is 1. The van der Waals surface area contributed by atoms with E-state index in [4.69, 9.17) is 27.3 Å². The van der Waals surface area contributed by atoms with Gasteiger partial charge in [-0.05, 0) is 30.7 Å². The second kappa shape index (κ2) is 7.48. The van der Waals surface area contributed by atoms with Crippen LogP contribution in [0.15, 0.2) is 29.4 Å². The lowest BCUT2D eigenvalue weighted by molar-refractivity contribution is -0.123. The number of hydrogen-bond acceptors (Lipinski definition) is 4. The Balaban J connectivity index is 2.45. The quantitative estimate of drug-likeness (QED) is 0.318. The Kier molecular flexibility index (Phi) is 5.95. The molecule has 1 atom stereocenters. The fourth-order valence-electron chi connectivity index (χ4n) is 1.37. The first kappa shape index (κ1) is 15.1. The summed E-state index contributed by atoms with van der Waals surface area (Å²) in [5, 5.41) is 14.6. The van der Waals surface area contributed by atoms with Crippen LogP contribution >= 0.6 is 11.6 Å². The Morgan fingerprint density at radius 2 is 2.16 bits per heavy atom. The van der Waals surface area contributed by atoms with E-state index in [1.54, 1.807) is 24.3 Å². The van der Waals surface area contributed by atoms with E-state index in [-0.39, 0.29) is 18.3 Å². The Hall–Kier alpha value is -1.95. The van der Waals surface area contributed by atoms with Crippen molar-refractivity contribution >= 4 is 23.3 Å². The minimum absolute atomic E-state index is 0.0395. The summed E-state index contributed by atoms with van der Waals surface area (Å²) in [6.07, 6.45) is 0.516. The SMILES string of the molecule is CCC(NC(=O)COc1ccc(Cl)cc1)/C(N)=N/O. The highest BCUT2D eigenvalue weighted by molar-refractivity contribution is 6.30. The second-order valence-corrected chi connectivity index (χ2v) is 4.23. The molecule has 1 unspecified atom stereocenters. The molecule has 0 heterocycles. The van der Waals surface area contributed by atoms with Crippen molar-refractivity contribution in [3.05, 3.63) is 29.3 Å². The summed E-state index contributed by atoms with van der Waals surface area (Å²) in [6, 6.07) is 6.15. The molecule has 7 heteroatoms. The number of oxime groups is 1. The van der Waals surface area contributed by atoms with Gasteiger partial charge in [0, 0.05) is 5.02 Å². The van der Waals surface area contributed by atoms with Crippen molar-refractivity contribution in [3.8, 4) is 5.75 Å². The van der Waals surface area contributed by atoms with E-state index < -0.39 is 6.04 Å². The lowest BCUT2D eigenvalue weighted by Crippen LogP contribution is -2.45. The van der Waals surface area contributed by atoms with Crippen molar-refractivity contribution in [1.82, 2.24) is 5.32 Å². The fourth-order valence-corrected chi connectivity index (χ4v) is 1.50. The zero-order valence-electron chi connectivity index (χ0n) is 10.5. The number of nitrogens with zero attached hydrogens (tertiary/aromatic N) is 1. The molecule has 0 saturated carbocycles. The van der Waals surface area contributed by atoms with Crippen LogP contribution in [0.3, 0.4) is 0 Å². The monoisotopic (exact) mass is 285 g/mol. The van der Waals surface area contributed by atoms with Gasteiger partial charge in [-0.1, -0.05) is 23.7 Å². The molecule has 0 aromatic heterocycles. The summed E-state index contributed by atoms with van der Waals surface area (Å²) < 4.78 is 5.27. The molecule has 0 spiro atoms. The molecule has 0 bridgehead atoms. The number of benzene rings is 1. The van der Waals surface area contributed by atoms with Gasteiger partial charge in [-0.15, -0.1) is 0 Å². The number of carbonyl (C=O) groups is 1. The van der Waals surface area contributed by atoms with Crippen molar-refractivity contribution in [1.29, 1.82) is 0 Å². The number of amidine groups is 1. The molecule has 6 nitrogen and oxygen atoms in total. The molecule has 0 fully saturated rings. The molecule has 4 N–H and O–H groups in total. The average Bonchev–Trinajstić information content (AvgIpc) is 2.43. The highest BCUT2D eigenvalue weighted by Gasteiger charge is 2.14. The Morgan fingerprint density at radius 3 is 2.68 bits per heavy atom. The summed E-state index contributed by atoms with van der Waals surface area (Å²) in [7, 11) is 0. The van der Waals surface area contributed by atoms with E-state index in [2.05, 4.69) is 10.5 Å². The van der Waals surface area contributed by atoms with Gasteiger partial charge in [-0.3, -0.25) is 4.79 Å². The van der Waals surface area contributed by atoms with Gasteiger partial charge in [0.1, 0.15) is 5.75 Å². The first-order valence-corrected chi connectivity index (χ1v) is 6.09. The first-order chi connectivity index (χ1) is 9.06. The number of hydrogen-bond donors (Lipinski definition) is 3. The number of rotatable bonds is 6. The minimum atomic E-state index is -0.508. The van der Waals surface area contributed by atoms with Crippen LogP contribution in [0.4, 0.5) is 0 Å². The zero-order chi connectivity index (χ0) is 14.3. The van der Waals surface area contributed by atoms with Gasteiger partial charge in [0.15, 0.2) is 12.4 Å². The Morgan fingerprint density at radius 1 is 1.53 bits per heavy atom. The van der Waals surface area contributed by atoms with Crippen LogP contribution in [-0.2, 0) is 4.79 Å². The summed E-state index contributed by atoms with van der Waals surface area (Å²) in [4.78, 5) is 11.6. The van der Waals surface area contributed by atoms with Crippen molar-refractivity contribution in [3.63, 3.8) is 0 Å². The molecule has 19 heavy (non-hydrogen) atoms. The largest absolute Gasteiger partial charge is 0.484 e. The minimum Gasteiger partial charge on any atom is -0.484 e. The van der Waals surface area contributed by atoms with E-state index in [9.17, 15) is 4.79 Å². The maximum Gasteiger partial charge on any atom is 0.258 e. The fraction of sp³-hybridized carbons (Fsp3) is 0.333. The van der Waals surface area contributed by atoms with E-state index >= 15 is 0 Å². The number of nitrogens with two attached hydrogens (primary N) is 1. The second-order valence-electron chi connectivity index (χ2n) is 3.80. The van der Waals surface area contributed by atoms with Crippen LogP contribution in [0.1, 0.15) is 13.3 Å². The molecule has 0 radical (unpaired) electrons. The molecule has 1 amide bonds. The lowest BCUT2D eigenvalue weighted by atomic mass is 10.2. The molecular formula is C12H16ClN3O3. The average molecular weight is 286 g/mol. The highest BCUT2D eigenvalue weighted by atomic mass is 35.5. The molecule has 0 aliphatic carbocycles. The van der Waals surface area contributed by atoms with Gasteiger partial charge in [-0.25, -0.2) is 0 Å². The van der Waals surface area contributed by atoms with E-state index in [1.807, 2.05) is 6.92 Å². The summed E-state index contributed by atoms with van der Waals surface area (Å²) >= 11 is 5.73. The number of nitrogens with one attached hydrogen (secondary N) is 1. The standard InChI is InChI=1S/C12H16ClN3O3/c1-2-10(12(14)16-18)15-11(17)7-19-9-5-3-8(13)4-6-9/h3-6,10,18H,2,7H2,1H3,(H2,14,16)(H,15,17). The van der Waals surface area contributed by atoms with Crippen molar-refractivity contribution in [2.24, 2.45) is 10.9 Å². The van der Waals surface area contributed by atoms with Gasteiger partial charge < -0.3 is 21.0 Å². The van der Waals surface area contributed by atoms with Crippen molar-refractivity contribution < 1.29 is 14.7 Å². The van der Waals surface area contributed by atoms with Gasteiger partial charge in [0.05, 0.1) is 6.04 Å². The highest BCUT2D eigenvalue weighted by Crippen LogP contribution is 2.15. The molecule has 0 saturated heterocycles. The van der Waals surface area contributed by atoms with Crippen LogP contribution in [0.25, 0.3) is 0 Å². The Bertz CT molecular complexity index is 448. The third-order valence-corrected chi connectivity index (χ3v) is 2.65. The van der Waals surface area contributed by atoms with Crippen LogP contribution in [-0.4, -0.2) is 29.6 Å². The lowest BCUT2D eigenvalue weighted by Gasteiger charge is -2.15. The van der Waals surface area contributed by atoms with Crippen LogP contribution in [0, 0.1) is 0 Å². The number of carbonyl (C=O) groups excluding carboxylic acids is 1. The third-order valence-electron chi connectivity index (χ3n) is 2.40. The smallest absolute Gasteiger partial charge is 0.258 e. The maximum atomic E-state index is 11.6. The third kappa shape index (κ3) is 5.05. The molecule has 1 aromatic carbocycles. The Labute approximate surface area is 116 Å². The zero-order valence-corrected chi connectivity index (χ0v) is 11.2. The number of amides is 1. The maximum absolute atomic E-state index is 11.6. The predicted octanol–water partition coefficient (Wildman–Crippen LogP) is 1.36. The van der Waals surface area contributed by atoms with E-state index in [0.29, 0.717) is 17.2 Å². The summed E-state index contributed by atoms with van der Waals surface area (Å²) in [6.45, 7) is 1.65. The number of halogens is 1. The molecule has 0 aliphatic heterocycles. The topological polar surface area (TPSA) is 96.9 Å². The first-order valence-electron chi connectivity index (χ1n) is 5.72. The van der Waals surface area contributed by atoms with Gasteiger partial charge >= 0.3 is 0 Å². The molecule has 0 aliphatic rings. The van der Waals surface area contributed by atoms with Gasteiger partial charge in [0.2, 0.25) is 0 Å². The summed E-state index contributed by atoms with van der Waals surface area (Å²) in [5.41, 5.74) is 5.43. The van der Waals surface area contributed by atoms with Crippen molar-refractivity contribution in [2.45, 2.75) is 19.4 Å². The molecular weight excluding hydrogens is 270 g/mol. The molecule has 1 aromatic rings. The molecule has 104 valence electrons. The predicted molar refractivity (Wildman–Crippen MR) is 72.6 cm³/mol. The van der Waals surface area contributed by atoms with Crippen LogP contribution < -0.4 is 15.8 Å². The molecule has 1 rings (SSSR count).